The summed E-state index contributed by atoms with van der Waals surface area (Å²) in [5, 5.41) is 0. The van der Waals surface area contributed by atoms with Crippen LogP contribution in [0.25, 0.3) is 0 Å². The molecule has 0 aliphatic heterocycles. The molecular weight excluding hydrogens is 144 g/mol. The molecule has 1 unspecified atom stereocenters. The Labute approximate surface area is 77.8 Å². The Morgan fingerprint density at radius 2 is 1.58 bits per heavy atom. The van der Waals surface area contributed by atoms with Crippen LogP contribution in [0.5, 0.6) is 0 Å². The van der Waals surface area contributed by atoms with Crippen molar-refractivity contribution in [1.82, 2.24) is 0 Å². The maximum Gasteiger partial charge on any atom is 0.0197 e. The van der Waals surface area contributed by atoms with Gasteiger partial charge in [-0.2, -0.15) is 0 Å². The molecule has 12 heavy (non-hydrogen) atoms. The summed E-state index contributed by atoms with van der Waals surface area (Å²) < 4.78 is 0. The third kappa shape index (κ3) is 5.24. The van der Waals surface area contributed by atoms with Crippen molar-refractivity contribution in [1.29, 1.82) is 0 Å². The highest BCUT2D eigenvalue weighted by Gasteiger charge is 1.98. The van der Waals surface area contributed by atoms with Crippen LogP contribution >= 0.6 is 0 Å². The zero-order valence-electron chi connectivity index (χ0n) is 8.98. The third-order valence-corrected chi connectivity index (χ3v) is 2.24. The highest BCUT2D eigenvalue weighted by Crippen LogP contribution is 2.07. The molecule has 1 atom stereocenters. The predicted octanol–water partition coefficient (Wildman–Crippen LogP) is 3.86. The van der Waals surface area contributed by atoms with Gasteiger partial charge in [-0.05, 0) is 19.3 Å². The maximum atomic E-state index is 3.35. The molecular formula is C12H22. The molecule has 0 heteroatoms. The van der Waals surface area contributed by atoms with Crippen LogP contribution in [0.2, 0.25) is 0 Å². The van der Waals surface area contributed by atoms with Gasteiger partial charge in [0, 0.05) is 11.8 Å². The summed E-state index contributed by atoms with van der Waals surface area (Å²) in [6.07, 6.45) is 4.89. The molecule has 0 saturated carbocycles. The Kier molecular flexibility index (Phi) is 6.96. The van der Waals surface area contributed by atoms with Crippen LogP contribution in [-0.4, -0.2) is 0 Å². The fraction of sp³-hybridized carbons (Fsp3) is 0.833. The highest BCUT2D eigenvalue weighted by atomic mass is 14.0. The number of rotatable bonds is 4. The first-order valence-electron chi connectivity index (χ1n) is 5.25. The van der Waals surface area contributed by atoms with Crippen molar-refractivity contribution in [3.8, 4) is 11.8 Å². The Morgan fingerprint density at radius 3 is 2.00 bits per heavy atom. The summed E-state index contributed by atoms with van der Waals surface area (Å²) in [6, 6.07) is 0. The van der Waals surface area contributed by atoms with Gasteiger partial charge in [-0.3, -0.25) is 0 Å². The minimum absolute atomic E-state index is 0.593. The molecule has 0 nitrogen and oxygen atoms in total. The summed E-state index contributed by atoms with van der Waals surface area (Å²) in [6.45, 7) is 8.87. The van der Waals surface area contributed by atoms with Crippen LogP contribution in [0.15, 0.2) is 0 Å². The quantitative estimate of drug-likeness (QED) is 0.556. The van der Waals surface area contributed by atoms with Crippen LogP contribution in [0, 0.1) is 23.7 Å². The largest absolute Gasteiger partial charge is 0.0999 e. The second kappa shape index (κ2) is 7.22. The molecule has 0 radical (unpaired) electrons. The van der Waals surface area contributed by atoms with Gasteiger partial charge in [0.1, 0.15) is 0 Å². The van der Waals surface area contributed by atoms with E-state index in [2.05, 4.69) is 39.5 Å². The summed E-state index contributed by atoms with van der Waals surface area (Å²) in [7, 11) is 0. The molecule has 70 valence electrons. The number of hydrogen-bond donors (Lipinski definition) is 0. The molecule has 0 heterocycles. The van der Waals surface area contributed by atoms with Crippen molar-refractivity contribution in [2.45, 2.75) is 53.4 Å². The minimum Gasteiger partial charge on any atom is -0.0999 e. The fourth-order valence-corrected chi connectivity index (χ4v) is 1.26. The van der Waals surface area contributed by atoms with Gasteiger partial charge in [0.25, 0.3) is 0 Å². The van der Waals surface area contributed by atoms with Gasteiger partial charge in [-0.15, -0.1) is 0 Å². The lowest BCUT2D eigenvalue weighted by Gasteiger charge is -2.03. The molecule has 0 aromatic rings. The monoisotopic (exact) mass is 166 g/mol. The molecule has 0 aliphatic rings. The second-order valence-electron chi connectivity index (χ2n) is 3.49. The van der Waals surface area contributed by atoms with E-state index in [-0.39, 0.29) is 0 Å². The van der Waals surface area contributed by atoms with E-state index >= 15 is 0 Å². The topological polar surface area (TPSA) is 0 Å². The lowest BCUT2D eigenvalue weighted by molar-refractivity contribution is 0.616. The summed E-state index contributed by atoms with van der Waals surface area (Å²) >= 11 is 0. The summed E-state index contributed by atoms with van der Waals surface area (Å²) in [4.78, 5) is 0. The van der Waals surface area contributed by atoms with Crippen molar-refractivity contribution in [2.75, 3.05) is 0 Å². The van der Waals surface area contributed by atoms with E-state index in [1.165, 1.54) is 25.7 Å². The van der Waals surface area contributed by atoms with Gasteiger partial charge < -0.3 is 0 Å². The molecule has 0 aromatic carbocycles. The number of hydrogen-bond acceptors (Lipinski definition) is 0. The summed E-state index contributed by atoms with van der Waals surface area (Å²) in [5.74, 6) is 7.91. The highest BCUT2D eigenvalue weighted by molar-refractivity contribution is 5.05. The normalized spacial score (nSPS) is 12.4. The minimum atomic E-state index is 0.593. The molecule has 0 bridgehead atoms. The van der Waals surface area contributed by atoms with Crippen molar-refractivity contribution in [3.63, 3.8) is 0 Å². The van der Waals surface area contributed by atoms with Crippen molar-refractivity contribution >= 4 is 0 Å². The average Bonchev–Trinajstić information content (AvgIpc) is 2.07. The Balaban J connectivity index is 3.81. The molecule has 0 saturated heterocycles. The standard InChI is InChI=1S/C12H22/c1-5-8-11(4)9-10-12(6-2)7-3/h11-12H,5-8H2,1-4H3. The molecule has 0 aromatic heterocycles. The van der Waals surface area contributed by atoms with E-state index in [1.807, 2.05) is 0 Å². The molecule has 0 rings (SSSR count). The van der Waals surface area contributed by atoms with Gasteiger partial charge in [-0.25, -0.2) is 0 Å². The van der Waals surface area contributed by atoms with Crippen LogP contribution in [0.4, 0.5) is 0 Å². The second-order valence-corrected chi connectivity index (χ2v) is 3.49. The van der Waals surface area contributed by atoms with E-state index < -0.39 is 0 Å². The maximum absolute atomic E-state index is 3.35. The van der Waals surface area contributed by atoms with E-state index in [1.54, 1.807) is 0 Å². The summed E-state index contributed by atoms with van der Waals surface area (Å²) in [5.41, 5.74) is 0. The van der Waals surface area contributed by atoms with Crippen molar-refractivity contribution in [2.24, 2.45) is 11.8 Å². The first kappa shape index (κ1) is 11.6. The van der Waals surface area contributed by atoms with Gasteiger partial charge >= 0.3 is 0 Å². The molecule has 0 spiro atoms. The van der Waals surface area contributed by atoms with Gasteiger partial charge in [0.05, 0.1) is 0 Å². The molecule has 0 aliphatic carbocycles. The third-order valence-electron chi connectivity index (χ3n) is 2.24. The van der Waals surface area contributed by atoms with Crippen molar-refractivity contribution in [3.05, 3.63) is 0 Å². The van der Waals surface area contributed by atoms with Crippen LogP contribution < -0.4 is 0 Å². The smallest absolute Gasteiger partial charge is 0.0197 e. The van der Waals surface area contributed by atoms with E-state index in [9.17, 15) is 0 Å². The van der Waals surface area contributed by atoms with E-state index in [0.717, 1.165) is 0 Å². The van der Waals surface area contributed by atoms with E-state index in [0.29, 0.717) is 11.8 Å². The average molecular weight is 166 g/mol. The Hall–Kier alpha value is -0.440. The van der Waals surface area contributed by atoms with Crippen LogP contribution in [0.3, 0.4) is 0 Å². The zero-order valence-corrected chi connectivity index (χ0v) is 8.98. The molecule has 0 N–H and O–H groups in total. The Bertz CT molecular complexity index is 143. The van der Waals surface area contributed by atoms with Crippen LogP contribution in [-0.2, 0) is 0 Å². The molecule has 0 amide bonds. The van der Waals surface area contributed by atoms with E-state index in [4.69, 9.17) is 0 Å². The van der Waals surface area contributed by atoms with Gasteiger partial charge in [0.2, 0.25) is 0 Å². The molecule has 0 fully saturated rings. The van der Waals surface area contributed by atoms with Gasteiger partial charge in [0.15, 0.2) is 0 Å². The first-order valence-corrected chi connectivity index (χ1v) is 5.25. The predicted molar refractivity (Wildman–Crippen MR) is 55.9 cm³/mol. The first-order chi connectivity index (χ1) is 5.74. The lowest BCUT2D eigenvalue weighted by Crippen LogP contribution is -1.94. The fourth-order valence-electron chi connectivity index (χ4n) is 1.26. The van der Waals surface area contributed by atoms with Crippen molar-refractivity contribution < 1.29 is 0 Å². The van der Waals surface area contributed by atoms with Gasteiger partial charge in [-0.1, -0.05) is 46.0 Å². The SMILES string of the molecule is CCCC(C)C#CC(CC)CC. The van der Waals surface area contributed by atoms with Crippen LogP contribution in [0.1, 0.15) is 53.4 Å². The Morgan fingerprint density at radius 1 is 1.00 bits per heavy atom. The lowest BCUT2D eigenvalue weighted by atomic mass is 10.0. The zero-order chi connectivity index (χ0) is 9.40.